The second kappa shape index (κ2) is 7.51. The van der Waals surface area contributed by atoms with Crippen molar-refractivity contribution in [3.8, 4) is 5.75 Å². The standard InChI is InChI=1S/C19H19FN2O4/c20-15-5-1-2-6-16(15)26-19(18(24)25)7-10-22(11-8-19)17(23)12-14-4-3-9-21-13-14/h1-6,9,13H,7-8,10-12H2,(H,24,25). The normalized spacial score (nSPS) is 16.1. The van der Waals surface area contributed by atoms with Gasteiger partial charge in [-0.1, -0.05) is 18.2 Å². The lowest BCUT2D eigenvalue weighted by molar-refractivity contribution is -0.162. The zero-order valence-electron chi connectivity index (χ0n) is 14.1. The minimum absolute atomic E-state index is 0.0926. The van der Waals surface area contributed by atoms with Gasteiger partial charge in [-0.15, -0.1) is 0 Å². The Kier molecular flexibility index (Phi) is 5.16. The van der Waals surface area contributed by atoms with Crippen LogP contribution >= 0.6 is 0 Å². The molecule has 1 aliphatic rings. The maximum Gasteiger partial charge on any atom is 0.348 e. The zero-order chi connectivity index (χ0) is 18.6. The molecule has 1 aromatic carbocycles. The molecular formula is C19H19FN2O4. The van der Waals surface area contributed by atoms with Crippen LogP contribution in [-0.4, -0.2) is 45.6 Å². The average molecular weight is 358 g/mol. The summed E-state index contributed by atoms with van der Waals surface area (Å²) in [6.45, 7) is 0.472. The molecule has 0 aliphatic carbocycles. The summed E-state index contributed by atoms with van der Waals surface area (Å²) in [6.07, 6.45) is 3.66. The van der Waals surface area contributed by atoms with Crippen molar-refractivity contribution in [2.24, 2.45) is 0 Å². The van der Waals surface area contributed by atoms with E-state index in [2.05, 4.69) is 4.98 Å². The highest BCUT2D eigenvalue weighted by Crippen LogP contribution is 2.31. The number of hydrogen-bond donors (Lipinski definition) is 1. The van der Waals surface area contributed by atoms with Crippen LogP contribution in [0.3, 0.4) is 0 Å². The van der Waals surface area contributed by atoms with E-state index in [-0.39, 0.29) is 44.0 Å². The number of amides is 1. The molecule has 0 bridgehead atoms. The molecule has 3 rings (SSSR count). The quantitative estimate of drug-likeness (QED) is 0.887. The lowest BCUT2D eigenvalue weighted by Crippen LogP contribution is -2.54. The fourth-order valence-corrected chi connectivity index (χ4v) is 3.00. The third-order valence-electron chi connectivity index (χ3n) is 4.53. The van der Waals surface area contributed by atoms with E-state index in [1.807, 2.05) is 6.07 Å². The SMILES string of the molecule is O=C(Cc1cccnc1)N1CCC(Oc2ccccc2F)(C(=O)O)CC1. The van der Waals surface area contributed by atoms with Gasteiger partial charge in [-0.3, -0.25) is 9.78 Å². The number of piperidine rings is 1. The number of benzene rings is 1. The van der Waals surface area contributed by atoms with E-state index in [1.165, 1.54) is 18.2 Å². The van der Waals surface area contributed by atoms with Crippen LogP contribution in [0, 0.1) is 5.82 Å². The summed E-state index contributed by atoms with van der Waals surface area (Å²) in [4.78, 5) is 29.8. The van der Waals surface area contributed by atoms with E-state index in [0.29, 0.717) is 0 Å². The van der Waals surface area contributed by atoms with Gasteiger partial charge in [-0.25, -0.2) is 9.18 Å². The summed E-state index contributed by atoms with van der Waals surface area (Å²) in [7, 11) is 0. The Bertz CT molecular complexity index is 789. The number of hydrogen-bond acceptors (Lipinski definition) is 4. The Balaban J connectivity index is 1.67. The number of carboxylic acids is 1. The molecule has 1 N–H and O–H groups in total. The number of para-hydroxylation sites is 1. The van der Waals surface area contributed by atoms with Crippen molar-refractivity contribution in [1.82, 2.24) is 9.88 Å². The molecule has 7 heteroatoms. The van der Waals surface area contributed by atoms with E-state index < -0.39 is 17.4 Å². The molecule has 1 aliphatic heterocycles. The number of rotatable bonds is 5. The molecular weight excluding hydrogens is 339 g/mol. The van der Waals surface area contributed by atoms with Crippen molar-refractivity contribution in [3.05, 3.63) is 60.2 Å². The third kappa shape index (κ3) is 3.82. The lowest BCUT2D eigenvalue weighted by atomic mass is 9.90. The van der Waals surface area contributed by atoms with Crippen LogP contribution in [0.4, 0.5) is 4.39 Å². The Labute approximate surface area is 150 Å². The predicted molar refractivity (Wildman–Crippen MR) is 91.1 cm³/mol. The second-order valence-electron chi connectivity index (χ2n) is 6.25. The van der Waals surface area contributed by atoms with E-state index >= 15 is 0 Å². The van der Waals surface area contributed by atoms with Crippen LogP contribution in [0.5, 0.6) is 5.75 Å². The average Bonchev–Trinajstić information content (AvgIpc) is 2.65. The van der Waals surface area contributed by atoms with Gasteiger partial charge in [0.25, 0.3) is 0 Å². The number of aliphatic carboxylic acids is 1. The molecule has 0 unspecified atom stereocenters. The Hall–Kier alpha value is -2.96. The van der Waals surface area contributed by atoms with Crippen LogP contribution in [0.2, 0.25) is 0 Å². The summed E-state index contributed by atoms with van der Waals surface area (Å²) in [5, 5.41) is 9.64. The number of likely N-dealkylation sites (tertiary alicyclic amines) is 1. The number of carboxylic acid groups (broad SMARTS) is 1. The monoisotopic (exact) mass is 358 g/mol. The van der Waals surface area contributed by atoms with Crippen molar-refractivity contribution >= 4 is 11.9 Å². The number of pyridine rings is 1. The van der Waals surface area contributed by atoms with Gasteiger partial charge < -0.3 is 14.7 Å². The first-order valence-electron chi connectivity index (χ1n) is 8.34. The van der Waals surface area contributed by atoms with Gasteiger partial charge in [-0.2, -0.15) is 0 Å². The van der Waals surface area contributed by atoms with E-state index in [4.69, 9.17) is 4.74 Å². The van der Waals surface area contributed by atoms with Crippen LogP contribution in [0.15, 0.2) is 48.8 Å². The highest BCUT2D eigenvalue weighted by Gasteiger charge is 2.45. The maximum absolute atomic E-state index is 13.8. The van der Waals surface area contributed by atoms with Gasteiger partial charge in [0.1, 0.15) is 0 Å². The highest BCUT2D eigenvalue weighted by molar-refractivity contribution is 5.81. The largest absolute Gasteiger partial charge is 0.478 e. The summed E-state index contributed by atoms with van der Waals surface area (Å²) < 4.78 is 19.4. The molecule has 26 heavy (non-hydrogen) atoms. The topological polar surface area (TPSA) is 79.7 Å². The number of carbonyl (C=O) groups is 2. The molecule has 1 saturated heterocycles. The molecule has 2 heterocycles. The lowest BCUT2D eigenvalue weighted by Gasteiger charge is -2.39. The van der Waals surface area contributed by atoms with E-state index in [9.17, 15) is 19.1 Å². The van der Waals surface area contributed by atoms with Crippen LogP contribution in [0.1, 0.15) is 18.4 Å². The van der Waals surface area contributed by atoms with Gasteiger partial charge in [0.2, 0.25) is 11.5 Å². The first-order valence-corrected chi connectivity index (χ1v) is 8.34. The molecule has 1 amide bonds. The van der Waals surface area contributed by atoms with Crippen LogP contribution < -0.4 is 4.74 Å². The number of nitrogens with zero attached hydrogens (tertiary/aromatic N) is 2. The van der Waals surface area contributed by atoms with Crippen molar-refractivity contribution in [2.45, 2.75) is 24.9 Å². The van der Waals surface area contributed by atoms with Gasteiger partial charge >= 0.3 is 5.97 Å². The number of halogens is 1. The molecule has 6 nitrogen and oxygen atoms in total. The van der Waals surface area contributed by atoms with Gasteiger partial charge in [0.05, 0.1) is 6.42 Å². The Morgan fingerprint density at radius 2 is 1.92 bits per heavy atom. The molecule has 0 radical (unpaired) electrons. The first-order chi connectivity index (χ1) is 12.5. The first kappa shape index (κ1) is 17.8. The molecule has 136 valence electrons. The molecule has 1 aromatic heterocycles. The van der Waals surface area contributed by atoms with Crippen molar-refractivity contribution in [1.29, 1.82) is 0 Å². The van der Waals surface area contributed by atoms with Crippen LogP contribution in [-0.2, 0) is 16.0 Å². The molecule has 1 fully saturated rings. The predicted octanol–water partition coefficient (Wildman–Crippen LogP) is 2.29. The van der Waals surface area contributed by atoms with Crippen molar-refractivity contribution < 1.29 is 23.8 Å². The summed E-state index contributed by atoms with van der Waals surface area (Å²) in [5.41, 5.74) is -0.733. The van der Waals surface area contributed by atoms with E-state index in [0.717, 1.165) is 5.56 Å². The fourth-order valence-electron chi connectivity index (χ4n) is 3.00. The van der Waals surface area contributed by atoms with Crippen molar-refractivity contribution in [2.75, 3.05) is 13.1 Å². The molecule has 0 atom stereocenters. The second-order valence-corrected chi connectivity index (χ2v) is 6.25. The summed E-state index contributed by atoms with van der Waals surface area (Å²) in [5.74, 6) is -1.95. The van der Waals surface area contributed by atoms with Gasteiger partial charge in [-0.05, 0) is 23.8 Å². The van der Waals surface area contributed by atoms with Gasteiger partial charge in [0.15, 0.2) is 11.6 Å². The smallest absolute Gasteiger partial charge is 0.348 e. The Morgan fingerprint density at radius 1 is 1.19 bits per heavy atom. The molecule has 0 spiro atoms. The maximum atomic E-state index is 13.8. The van der Waals surface area contributed by atoms with Crippen molar-refractivity contribution in [3.63, 3.8) is 0 Å². The number of ether oxygens (including phenoxy) is 1. The van der Waals surface area contributed by atoms with Crippen LogP contribution in [0.25, 0.3) is 0 Å². The fraction of sp³-hybridized carbons (Fsp3) is 0.316. The molecule has 2 aromatic rings. The minimum atomic E-state index is -1.53. The third-order valence-corrected chi connectivity index (χ3v) is 4.53. The minimum Gasteiger partial charge on any atom is -0.478 e. The van der Waals surface area contributed by atoms with E-state index in [1.54, 1.807) is 29.4 Å². The summed E-state index contributed by atoms with van der Waals surface area (Å²) in [6, 6.07) is 9.29. The Morgan fingerprint density at radius 3 is 2.54 bits per heavy atom. The number of carbonyl (C=O) groups excluding carboxylic acids is 1. The highest BCUT2D eigenvalue weighted by atomic mass is 19.1. The van der Waals surface area contributed by atoms with Gasteiger partial charge in [0, 0.05) is 38.3 Å². The molecule has 0 saturated carbocycles. The summed E-state index contributed by atoms with van der Waals surface area (Å²) >= 11 is 0. The zero-order valence-corrected chi connectivity index (χ0v) is 14.1. The number of aromatic nitrogens is 1.